The number of nitrogens with two attached hydrogens (primary N) is 1. The third-order valence-corrected chi connectivity index (χ3v) is 1.18. The van der Waals surface area contributed by atoms with Crippen LogP contribution in [0.1, 0.15) is 19.4 Å². The van der Waals surface area contributed by atoms with Crippen molar-refractivity contribution in [3.05, 3.63) is 11.8 Å². The standard InChI is InChI=1S/C5H9N3.C2H6/c1-4-3-7-8(2)5(4)6;1-2/h3H,6H2,1-2H3;1-2H3. The maximum Gasteiger partial charge on any atom is 0.124 e. The van der Waals surface area contributed by atoms with Crippen LogP contribution in [0.5, 0.6) is 0 Å². The molecule has 10 heavy (non-hydrogen) atoms. The Bertz CT molecular complexity index is 171. The molecule has 0 unspecified atom stereocenters. The summed E-state index contributed by atoms with van der Waals surface area (Å²) in [5, 5.41) is 3.91. The monoisotopic (exact) mass is 141 g/mol. The van der Waals surface area contributed by atoms with Gasteiger partial charge in [-0.3, -0.25) is 4.68 Å². The summed E-state index contributed by atoms with van der Waals surface area (Å²) in [6, 6.07) is 0. The van der Waals surface area contributed by atoms with Crippen molar-refractivity contribution in [1.82, 2.24) is 9.78 Å². The Kier molecular flexibility index (Phi) is 3.54. The van der Waals surface area contributed by atoms with Crippen molar-refractivity contribution in [2.24, 2.45) is 7.05 Å². The highest BCUT2D eigenvalue weighted by Crippen LogP contribution is 2.04. The van der Waals surface area contributed by atoms with Crippen molar-refractivity contribution in [2.75, 3.05) is 5.73 Å². The minimum atomic E-state index is 0.741. The molecule has 0 aromatic carbocycles. The molecular weight excluding hydrogens is 126 g/mol. The number of hydrogen-bond donors (Lipinski definition) is 1. The summed E-state index contributed by atoms with van der Waals surface area (Å²) in [6.45, 7) is 5.93. The minimum absolute atomic E-state index is 0.741. The van der Waals surface area contributed by atoms with Gasteiger partial charge in [-0.05, 0) is 6.92 Å². The molecule has 0 aliphatic carbocycles. The predicted molar refractivity (Wildman–Crippen MR) is 43.7 cm³/mol. The van der Waals surface area contributed by atoms with Crippen molar-refractivity contribution < 1.29 is 0 Å². The zero-order valence-electron chi connectivity index (χ0n) is 7.05. The van der Waals surface area contributed by atoms with E-state index in [9.17, 15) is 0 Å². The van der Waals surface area contributed by atoms with E-state index in [4.69, 9.17) is 5.73 Å². The Balaban J connectivity index is 0.000000371. The lowest BCUT2D eigenvalue weighted by Crippen LogP contribution is -1.97. The van der Waals surface area contributed by atoms with Crippen LogP contribution in [0.2, 0.25) is 0 Å². The number of anilines is 1. The van der Waals surface area contributed by atoms with Gasteiger partial charge in [0.2, 0.25) is 0 Å². The van der Waals surface area contributed by atoms with Crippen molar-refractivity contribution in [2.45, 2.75) is 20.8 Å². The first-order valence-electron chi connectivity index (χ1n) is 3.46. The van der Waals surface area contributed by atoms with Crippen LogP contribution in [0.4, 0.5) is 5.82 Å². The summed E-state index contributed by atoms with van der Waals surface area (Å²) >= 11 is 0. The average Bonchev–Trinajstić information content (AvgIpc) is 2.25. The fraction of sp³-hybridized carbons (Fsp3) is 0.571. The Labute approximate surface area is 61.8 Å². The highest BCUT2D eigenvalue weighted by molar-refractivity contribution is 5.36. The molecule has 58 valence electrons. The van der Waals surface area contributed by atoms with Crippen LogP contribution >= 0.6 is 0 Å². The normalized spacial score (nSPS) is 8.40. The molecule has 0 radical (unpaired) electrons. The second kappa shape index (κ2) is 3.93. The number of aromatic nitrogens is 2. The molecule has 1 aromatic rings. The lowest BCUT2D eigenvalue weighted by Gasteiger charge is -1.91. The molecule has 0 fully saturated rings. The van der Waals surface area contributed by atoms with Gasteiger partial charge in [0.15, 0.2) is 0 Å². The topological polar surface area (TPSA) is 43.8 Å². The quantitative estimate of drug-likeness (QED) is 0.592. The van der Waals surface area contributed by atoms with E-state index in [0.717, 1.165) is 11.4 Å². The molecule has 0 atom stereocenters. The van der Waals surface area contributed by atoms with Gasteiger partial charge in [0.05, 0.1) is 6.20 Å². The zero-order chi connectivity index (χ0) is 8.15. The number of nitrogens with zero attached hydrogens (tertiary/aromatic N) is 2. The molecular formula is C7H15N3. The summed E-state index contributed by atoms with van der Waals surface area (Å²) in [5.74, 6) is 0.741. The third kappa shape index (κ3) is 1.76. The molecule has 0 bridgehead atoms. The minimum Gasteiger partial charge on any atom is -0.384 e. The smallest absolute Gasteiger partial charge is 0.124 e. The predicted octanol–water partition coefficient (Wildman–Crippen LogP) is 1.34. The van der Waals surface area contributed by atoms with Gasteiger partial charge in [0.1, 0.15) is 5.82 Å². The molecule has 1 heterocycles. The Hall–Kier alpha value is -0.990. The number of aryl methyl sites for hydroxylation is 2. The van der Waals surface area contributed by atoms with E-state index in [2.05, 4.69) is 5.10 Å². The molecule has 0 aliphatic rings. The Morgan fingerprint density at radius 2 is 2.00 bits per heavy atom. The van der Waals surface area contributed by atoms with E-state index in [1.165, 1.54) is 0 Å². The molecule has 0 aliphatic heterocycles. The van der Waals surface area contributed by atoms with Crippen LogP contribution in [0.25, 0.3) is 0 Å². The van der Waals surface area contributed by atoms with Gasteiger partial charge in [0, 0.05) is 12.6 Å². The highest BCUT2D eigenvalue weighted by atomic mass is 15.3. The van der Waals surface area contributed by atoms with Crippen molar-refractivity contribution in [1.29, 1.82) is 0 Å². The lowest BCUT2D eigenvalue weighted by atomic mass is 10.4. The zero-order valence-corrected chi connectivity index (χ0v) is 7.05. The first kappa shape index (κ1) is 9.01. The van der Waals surface area contributed by atoms with Crippen LogP contribution in [0.15, 0.2) is 6.20 Å². The summed E-state index contributed by atoms with van der Waals surface area (Å²) in [5.41, 5.74) is 6.54. The van der Waals surface area contributed by atoms with E-state index in [1.54, 1.807) is 10.9 Å². The molecule has 0 saturated carbocycles. The van der Waals surface area contributed by atoms with Crippen molar-refractivity contribution in [3.63, 3.8) is 0 Å². The molecule has 3 heteroatoms. The van der Waals surface area contributed by atoms with Crippen LogP contribution in [-0.2, 0) is 7.05 Å². The summed E-state index contributed by atoms with van der Waals surface area (Å²) in [6.07, 6.45) is 1.75. The summed E-state index contributed by atoms with van der Waals surface area (Å²) in [4.78, 5) is 0. The maximum absolute atomic E-state index is 5.50. The Morgan fingerprint density at radius 1 is 1.50 bits per heavy atom. The Morgan fingerprint density at radius 3 is 2.10 bits per heavy atom. The molecule has 0 saturated heterocycles. The van der Waals surface area contributed by atoms with Crippen molar-refractivity contribution >= 4 is 5.82 Å². The van der Waals surface area contributed by atoms with Gasteiger partial charge in [0.25, 0.3) is 0 Å². The van der Waals surface area contributed by atoms with Gasteiger partial charge in [-0.1, -0.05) is 13.8 Å². The van der Waals surface area contributed by atoms with Crippen LogP contribution in [0.3, 0.4) is 0 Å². The molecule has 3 nitrogen and oxygen atoms in total. The second-order valence-electron chi connectivity index (χ2n) is 1.84. The largest absolute Gasteiger partial charge is 0.384 e. The second-order valence-corrected chi connectivity index (χ2v) is 1.84. The lowest BCUT2D eigenvalue weighted by molar-refractivity contribution is 0.779. The summed E-state index contributed by atoms with van der Waals surface area (Å²) in [7, 11) is 1.82. The maximum atomic E-state index is 5.50. The highest BCUT2D eigenvalue weighted by Gasteiger charge is 1.94. The van der Waals surface area contributed by atoms with Gasteiger partial charge >= 0.3 is 0 Å². The number of rotatable bonds is 0. The fourth-order valence-electron chi connectivity index (χ4n) is 0.557. The average molecular weight is 141 g/mol. The van der Waals surface area contributed by atoms with Crippen LogP contribution in [0, 0.1) is 6.92 Å². The van der Waals surface area contributed by atoms with Crippen LogP contribution in [-0.4, -0.2) is 9.78 Å². The number of nitrogen functional groups attached to an aromatic ring is 1. The molecule has 1 rings (SSSR count). The van der Waals surface area contributed by atoms with E-state index < -0.39 is 0 Å². The van der Waals surface area contributed by atoms with Gasteiger partial charge in [-0.2, -0.15) is 5.10 Å². The SMILES string of the molecule is CC.Cc1cnn(C)c1N. The molecule has 0 spiro atoms. The molecule has 0 amide bonds. The van der Waals surface area contributed by atoms with Gasteiger partial charge < -0.3 is 5.73 Å². The fourth-order valence-corrected chi connectivity index (χ4v) is 0.557. The van der Waals surface area contributed by atoms with E-state index in [-0.39, 0.29) is 0 Å². The molecule has 2 N–H and O–H groups in total. The van der Waals surface area contributed by atoms with E-state index in [0.29, 0.717) is 0 Å². The van der Waals surface area contributed by atoms with Crippen molar-refractivity contribution in [3.8, 4) is 0 Å². The van der Waals surface area contributed by atoms with E-state index >= 15 is 0 Å². The van der Waals surface area contributed by atoms with Gasteiger partial charge in [-0.25, -0.2) is 0 Å². The first-order chi connectivity index (χ1) is 4.72. The van der Waals surface area contributed by atoms with Gasteiger partial charge in [-0.15, -0.1) is 0 Å². The number of hydrogen-bond acceptors (Lipinski definition) is 2. The summed E-state index contributed by atoms with van der Waals surface area (Å²) < 4.78 is 1.65. The third-order valence-electron chi connectivity index (χ3n) is 1.18. The first-order valence-corrected chi connectivity index (χ1v) is 3.46. The van der Waals surface area contributed by atoms with Crippen LogP contribution < -0.4 is 5.73 Å². The van der Waals surface area contributed by atoms with E-state index in [1.807, 2.05) is 27.8 Å². The molecule has 1 aromatic heterocycles.